The Kier molecular flexibility index (Phi) is 5.07. The van der Waals surface area contributed by atoms with Crippen LogP contribution in [0.3, 0.4) is 0 Å². The van der Waals surface area contributed by atoms with Crippen molar-refractivity contribution in [1.82, 2.24) is 9.62 Å². The summed E-state index contributed by atoms with van der Waals surface area (Å²) in [5.41, 5.74) is 1.84. The summed E-state index contributed by atoms with van der Waals surface area (Å²) in [5.74, 6) is 0. The van der Waals surface area contributed by atoms with E-state index in [0.717, 1.165) is 17.7 Å². The number of nitrogens with one attached hydrogen (secondary N) is 1. The predicted octanol–water partition coefficient (Wildman–Crippen LogP) is 2.67. The second kappa shape index (κ2) is 6.46. The summed E-state index contributed by atoms with van der Waals surface area (Å²) >= 11 is 0. The van der Waals surface area contributed by atoms with Crippen molar-refractivity contribution < 1.29 is 8.42 Å². The monoisotopic (exact) mass is 310 g/mol. The van der Waals surface area contributed by atoms with Gasteiger partial charge >= 0.3 is 0 Å². The molecule has 0 bridgehead atoms. The number of rotatable bonds is 7. The maximum Gasteiger partial charge on any atom is 0.243 e. The Hall–Kier alpha value is -0.910. The maximum atomic E-state index is 12.8. The third kappa shape index (κ3) is 3.84. The van der Waals surface area contributed by atoms with Crippen molar-refractivity contribution in [2.24, 2.45) is 0 Å². The second-order valence-electron chi connectivity index (χ2n) is 6.06. The van der Waals surface area contributed by atoms with Crippen LogP contribution in [0.2, 0.25) is 0 Å². The highest BCUT2D eigenvalue weighted by molar-refractivity contribution is 7.89. The van der Waals surface area contributed by atoms with Crippen LogP contribution in [0.4, 0.5) is 0 Å². The molecule has 2 rings (SSSR count). The molecule has 118 valence electrons. The predicted molar refractivity (Wildman–Crippen MR) is 85.7 cm³/mol. The van der Waals surface area contributed by atoms with E-state index in [9.17, 15) is 8.42 Å². The lowest BCUT2D eigenvalue weighted by Crippen LogP contribution is -2.37. The minimum atomic E-state index is -3.42. The van der Waals surface area contributed by atoms with E-state index in [1.54, 1.807) is 4.31 Å². The Morgan fingerprint density at radius 2 is 2.00 bits per heavy atom. The number of sulfonamides is 1. The third-order valence-corrected chi connectivity index (χ3v) is 6.19. The first-order valence-corrected chi connectivity index (χ1v) is 9.15. The standard InChI is InChI=1S/C16H26N2O2S/c1-5-18(12(2)3)21(19,20)16-10-14(7-6-13(16)4)11-17-15-8-9-15/h6-7,10,12,15,17H,5,8-9,11H2,1-4H3. The zero-order chi connectivity index (χ0) is 15.6. The van der Waals surface area contributed by atoms with Crippen molar-refractivity contribution in [3.05, 3.63) is 29.3 Å². The highest BCUT2D eigenvalue weighted by atomic mass is 32.2. The van der Waals surface area contributed by atoms with Crippen molar-refractivity contribution in [1.29, 1.82) is 0 Å². The molecule has 1 aliphatic rings. The van der Waals surface area contributed by atoms with Crippen LogP contribution in [-0.2, 0) is 16.6 Å². The number of aryl methyl sites for hydroxylation is 1. The fourth-order valence-electron chi connectivity index (χ4n) is 2.52. The molecule has 0 aromatic heterocycles. The summed E-state index contributed by atoms with van der Waals surface area (Å²) in [6, 6.07) is 6.33. The van der Waals surface area contributed by atoms with Crippen LogP contribution in [0.25, 0.3) is 0 Å². The topological polar surface area (TPSA) is 49.4 Å². The first-order chi connectivity index (χ1) is 9.86. The van der Waals surface area contributed by atoms with Gasteiger partial charge in [-0.2, -0.15) is 4.31 Å². The minimum Gasteiger partial charge on any atom is -0.310 e. The summed E-state index contributed by atoms with van der Waals surface area (Å²) < 4.78 is 27.2. The van der Waals surface area contributed by atoms with E-state index in [1.165, 1.54) is 12.8 Å². The minimum absolute atomic E-state index is 0.0346. The van der Waals surface area contributed by atoms with Crippen molar-refractivity contribution in [3.63, 3.8) is 0 Å². The molecule has 0 spiro atoms. The number of nitrogens with zero attached hydrogens (tertiary/aromatic N) is 1. The first-order valence-electron chi connectivity index (χ1n) is 7.71. The molecule has 0 heterocycles. The van der Waals surface area contributed by atoms with Gasteiger partial charge in [0.15, 0.2) is 0 Å². The van der Waals surface area contributed by atoms with E-state index >= 15 is 0 Å². The lowest BCUT2D eigenvalue weighted by Gasteiger charge is -2.25. The molecule has 0 saturated heterocycles. The Labute approximate surface area is 128 Å². The van der Waals surface area contributed by atoms with Gasteiger partial charge in [0.2, 0.25) is 10.0 Å². The Morgan fingerprint density at radius 1 is 1.33 bits per heavy atom. The molecule has 1 aliphatic carbocycles. The molecule has 21 heavy (non-hydrogen) atoms. The maximum absolute atomic E-state index is 12.8. The molecule has 0 aliphatic heterocycles. The van der Waals surface area contributed by atoms with Crippen LogP contribution < -0.4 is 5.32 Å². The molecular formula is C16H26N2O2S. The number of hydrogen-bond donors (Lipinski definition) is 1. The molecule has 0 unspecified atom stereocenters. The lowest BCUT2D eigenvalue weighted by atomic mass is 10.1. The largest absolute Gasteiger partial charge is 0.310 e. The zero-order valence-electron chi connectivity index (χ0n) is 13.4. The Morgan fingerprint density at radius 3 is 2.52 bits per heavy atom. The molecule has 1 aromatic carbocycles. The average molecular weight is 310 g/mol. The van der Waals surface area contributed by atoms with Crippen LogP contribution >= 0.6 is 0 Å². The van der Waals surface area contributed by atoms with E-state index in [2.05, 4.69) is 5.32 Å². The summed E-state index contributed by atoms with van der Waals surface area (Å²) in [5, 5.41) is 3.43. The van der Waals surface area contributed by atoms with E-state index in [-0.39, 0.29) is 6.04 Å². The summed E-state index contributed by atoms with van der Waals surface area (Å²) in [4.78, 5) is 0.438. The van der Waals surface area contributed by atoms with Gasteiger partial charge in [-0.25, -0.2) is 8.42 Å². The van der Waals surface area contributed by atoms with Crippen LogP contribution in [0.15, 0.2) is 23.1 Å². The van der Waals surface area contributed by atoms with E-state index in [4.69, 9.17) is 0 Å². The van der Waals surface area contributed by atoms with Crippen LogP contribution in [0.1, 0.15) is 44.7 Å². The first kappa shape index (κ1) is 16.5. The van der Waals surface area contributed by atoms with Gasteiger partial charge in [-0.3, -0.25) is 0 Å². The van der Waals surface area contributed by atoms with Crippen molar-refractivity contribution in [2.75, 3.05) is 6.54 Å². The highest BCUT2D eigenvalue weighted by Gasteiger charge is 2.27. The molecule has 0 amide bonds. The number of benzene rings is 1. The third-order valence-electron chi connectivity index (χ3n) is 3.90. The fraction of sp³-hybridized carbons (Fsp3) is 0.625. The zero-order valence-corrected chi connectivity index (χ0v) is 14.2. The van der Waals surface area contributed by atoms with Gasteiger partial charge in [0.25, 0.3) is 0 Å². The summed E-state index contributed by atoms with van der Waals surface area (Å²) in [6.45, 7) is 8.79. The van der Waals surface area contributed by atoms with Gasteiger partial charge in [-0.15, -0.1) is 0 Å². The van der Waals surface area contributed by atoms with E-state index in [1.807, 2.05) is 45.9 Å². The normalized spacial score (nSPS) is 15.9. The molecule has 1 saturated carbocycles. The molecular weight excluding hydrogens is 284 g/mol. The summed E-state index contributed by atoms with van der Waals surface area (Å²) in [6.07, 6.45) is 2.46. The molecule has 1 N–H and O–H groups in total. The van der Waals surface area contributed by atoms with Gasteiger partial charge in [0, 0.05) is 25.2 Å². The SMILES string of the molecule is CCN(C(C)C)S(=O)(=O)c1cc(CNC2CC2)ccc1C. The molecule has 5 heteroatoms. The van der Waals surface area contributed by atoms with Gasteiger partial charge < -0.3 is 5.32 Å². The molecule has 0 atom stereocenters. The van der Waals surface area contributed by atoms with E-state index in [0.29, 0.717) is 17.5 Å². The van der Waals surface area contributed by atoms with Gasteiger partial charge in [0.05, 0.1) is 4.90 Å². The van der Waals surface area contributed by atoms with Crippen molar-refractivity contribution in [2.45, 2.75) is 64.1 Å². The van der Waals surface area contributed by atoms with Gasteiger partial charge in [-0.05, 0) is 50.8 Å². The average Bonchev–Trinajstić information content (AvgIpc) is 3.21. The highest BCUT2D eigenvalue weighted by Crippen LogP contribution is 2.24. The molecule has 4 nitrogen and oxygen atoms in total. The fourth-order valence-corrected chi connectivity index (χ4v) is 4.44. The smallest absolute Gasteiger partial charge is 0.243 e. The lowest BCUT2D eigenvalue weighted by molar-refractivity contribution is 0.369. The molecule has 1 aromatic rings. The number of hydrogen-bond acceptors (Lipinski definition) is 3. The van der Waals surface area contributed by atoms with Gasteiger partial charge in [-0.1, -0.05) is 19.1 Å². The Balaban J connectivity index is 2.29. The quantitative estimate of drug-likeness (QED) is 0.842. The summed E-state index contributed by atoms with van der Waals surface area (Å²) in [7, 11) is -3.42. The van der Waals surface area contributed by atoms with Crippen molar-refractivity contribution in [3.8, 4) is 0 Å². The van der Waals surface area contributed by atoms with Gasteiger partial charge in [0.1, 0.15) is 0 Å². The van der Waals surface area contributed by atoms with Crippen molar-refractivity contribution >= 4 is 10.0 Å². The van der Waals surface area contributed by atoms with Crippen LogP contribution in [0.5, 0.6) is 0 Å². The van der Waals surface area contributed by atoms with E-state index < -0.39 is 10.0 Å². The van der Waals surface area contributed by atoms with Crippen LogP contribution in [0, 0.1) is 6.92 Å². The van der Waals surface area contributed by atoms with Crippen LogP contribution in [-0.4, -0.2) is 31.4 Å². The second-order valence-corrected chi connectivity index (χ2v) is 7.92. The Bertz CT molecular complexity index is 592. The molecule has 0 radical (unpaired) electrons. The molecule has 1 fully saturated rings.